The van der Waals surface area contributed by atoms with Gasteiger partial charge in [0.25, 0.3) is 0 Å². The van der Waals surface area contributed by atoms with Gasteiger partial charge in [0, 0.05) is 18.4 Å². The molecule has 3 fully saturated rings. The van der Waals surface area contributed by atoms with Crippen molar-refractivity contribution < 1.29 is 4.79 Å². The molecule has 0 amide bonds. The fourth-order valence-electron chi connectivity index (χ4n) is 4.60. The highest BCUT2D eigenvalue weighted by Crippen LogP contribution is 2.50. The van der Waals surface area contributed by atoms with Crippen molar-refractivity contribution in [2.24, 2.45) is 11.3 Å². The van der Waals surface area contributed by atoms with E-state index in [0.717, 1.165) is 13.0 Å². The molecule has 0 aromatic rings. The first kappa shape index (κ1) is 12.7. The van der Waals surface area contributed by atoms with Gasteiger partial charge in [-0.05, 0) is 50.5 Å². The zero-order valence-corrected chi connectivity index (χ0v) is 11.5. The van der Waals surface area contributed by atoms with Gasteiger partial charge in [-0.1, -0.05) is 25.7 Å². The molecule has 3 aliphatic rings. The second kappa shape index (κ2) is 5.32. The van der Waals surface area contributed by atoms with Gasteiger partial charge in [0.15, 0.2) is 0 Å². The number of Topliss-reactive ketones (excluding diaryl/α,β-unsaturated/α-hetero) is 1. The largest absolute Gasteiger partial charge is 0.313 e. The number of carbonyl (C=O) groups excluding carboxylic acids is 1. The van der Waals surface area contributed by atoms with E-state index in [4.69, 9.17) is 0 Å². The first-order valence-corrected chi connectivity index (χ1v) is 8.05. The molecule has 2 heteroatoms. The van der Waals surface area contributed by atoms with Gasteiger partial charge in [0.1, 0.15) is 5.78 Å². The fraction of sp³-hybridized carbons (Fsp3) is 0.938. The zero-order chi connectivity index (χ0) is 12.4. The number of rotatable bonds is 1. The van der Waals surface area contributed by atoms with Crippen molar-refractivity contribution in [1.29, 1.82) is 0 Å². The molecule has 2 aliphatic carbocycles. The van der Waals surface area contributed by atoms with Crippen molar-refractivity contribution in [2.45, 2.75) is 76.7 Å². The Hall–Kier alpha value is -0.370. The van der Waals surface area contributed by atoms with Gasteiger partial charge in [0.05, 0.1) is 0 Å². The van der Waals surface area contributed by atoms with Crippen LogP contribution < -0.4 is 5.32 Å². The highest BCUT2D eigenvalue weighted by molar-refractivity contribution is 5.82. The lowest BCUT2D eigenvalue weighted by molar-refractivity contribution is -0.128. The zero-order valence-electron chi connectivity index (χ0n) is 11.5. The maximum atomic E-state index is 12.3. The lowest BCUT2D eigenvalue weighted by Gasteiger charge is -2.40. The SMILES string of the molecule is O=C1CCC2(CCCC2)CC1C1CCCCCN1. The Kier molecular flexibility index (Phi) is 3.74. The summed E-state index contributed by atoms with van der Waals surface area (Å²) in [7, 11) is 0. The van der Waals surface area contributed by atoms with Crippen LogP contribution >= 0.6 is 0 Å². The van der Waals surface area contributed by atoms with Gasteiger partial charge in [-0.15, -0.1) is 0 Å². The van der Waals surface area contributed by atoms with Crippen LogP contribution in [0.4, 0.5) is 0 Å². The van der Waals surface area contributed by atoms with E-state index < -0.39 is 0 Å². The molecule has 3 rings (SSSR count). The van der Waals surface area contributed by atoms with E-state index >= 15 is 0 Å². The minimum absolute atomic E-state index is 0.343. The number of hydrogen-bond acceptors (Lipinski definition) is 2. The summed E-state index contributed by atoms with van der Waals surface area (Å²) in [6, 6.07) is 0.498. The summed E-state index contributed by atoms with van der Waals surface area (Å²) in [5, 5.41) is 3.67. The monoisotopic (exact) mass is 249 g/mol. The average molecular weight is 249 g/mol. The highest BCUT2D eigenvalue weighted by Gasteiger charge is 2.44. The Balaban J connectivity index is 1.70. The summed E-state index contributed by atoms with van der Waals surface area (Å²) in [5.41, 5.74) is 0.562. The molecule has 2 saturated carbocycles. The molecule has 1 aliphatic heterocycles. The topological polar surface area (TPSA) is 29.1 Å². The van der Waals surface area contributed by atoms with Crippen LogP contribution in [0.2, 0.25) is 0 Å². The maximum Gasteiger partial charge on any atom is 0.137 e. The van der Waals surface area contributed by atoms with Crippen LogP contribution in [0, 0.1) is 11.3 Å². The van der Waals surface area contributed by atoms with Crippen LogP contribution in [0.5, 0.6) is 0 Å². The van der Waals surface area contributed by atoms with E-state index in [0.29, 0.717) is 23.2 Å². The van der Waals surface area contributed by atoms with Crippen molar-refractivity contribution in [2.75, 3.05) is 6.54 Å². The summed E-state index contributed by atoms with van der Waals surface area (Å²) in [4.78, 5) is 12.3. The van der Waals surface area contributed by atoms with Gasteiger partial charge >= 0.3 is 0 Å². The molecule has 1 saturated heterocycles. The molecule has 2 unspecified atom stereocenters. The van der Waals surface area contributed by atoms with Gasteiger partial charge < -0.3 is 5.32 Å². The minimum atomic E-state index is 0.343. The van der Waals surface area contributed by atoms with Crippen LogP contribution in [-0.2, 0) is 4.79 Å². The molecule has 102 valence electrons. The van der Waals surface area contributed by atoms with Gasteiger partial charge in [0.2, 0.25) is 0 Å². The Morgan fingerprint density at radius 2 is 1.83 bits per heavy atom. The van der Waals surface area contributed by atoms with E-state index in [2.05, 4.69) is 5.32 Å². The normalized spacial score (nSPS) is 36.8. The number of carbonyl (C=O) groups is 1. The Bertz CT molecular complexity index is 298. The van der Waals surface area contributed by atoms with Gasteiger partial charge in [-0.25, -0.2) is 0 Å². The molecule has 2 atom stereocenters. The number of nitrogens with one attached hydrogen (secondary N) is 1. The molecule has 0 radical (unpaired) electrons. The summed E-state index contributed by atoms with van der Waals surface area (Å²) in [5.74, 6) is 0.905. The first-order valence-electron chi connectivity index (χ1n) is 8.05. The van der Waals surface area contributed by atoms with Crippen LogP contribution in [0.15, 0.2) is 0 Å². The Labute approximate surface area is 111 Å². The first-order chi connectivity index (χ1) is 8.79. The number of ketones is 1. The standard InChI is InChI=1S/C16H27NO/c18-15-7-10-16(8-3-4-9-16)12-13(15)14-6-2-1-5-11-17-14/h13-14,17H,1-12H2. The molecule has 1 N–H and O–H groups in total. The van der Waals surface area contributed by atoms with E-state index in [-0.39, 0.29) is 0 Å². The van der Waals surface area contributed by atoms with E-state index in [1.54, 1.807) is 0 Å². The summed E-state index contributed by atoms with van der Waals surface area (Å²) >= 11 is 0. The maximum absolute atomic E-state index is 12.3. The molecule has 0 aromatic heterocycles. The molecule has 0 bridgehead atoms. The molecule has 2 nitrogen and oxygen atoms in total. The summed E-state index contributed by atoms with van der Waals surface area (Å²) in [6.07, 6.45) is 14.0. The van der Waals surface area contributed by atoms with Crippen LogP contribution in [-0.4, -0.2) is 18.4 Å². The predicted octanol–water partition coefficient (Wildman–Crippen LogP) is 3.45. The summed E-state index contributed by atoms with van der Waals surface area (Å²) < 4.78 is 0. The van der Waals surface area contributed by atoms with Gasteiger partial charge in [-0.2, -0.15) is 0 Å². The quantitative estimate of drug-likeness (QED) is 0.771. The highest BCUT2D eigenvalue weighted by atomic mass is 16.1. The summed E-state index contributed by atoms with van der Waals surface area (Å²) in [6.45, 7) is 1.13. The smallest absolute Gasteiger partial charge is 0.137 e. The molecule has 1 heterocycles. The van der Waals surface area contributed by atoms with Crippen LogP contribution in [0.25, 0.3) is 0 Å². The van der Waals surface area contributed by atoms with Crippen molar-refractivity contribution in [3.05, 3.63) is 0 Å². The lowest BCUT2D eigenvalue weighted by Crippen LogP contribution is -2.45. The molecule has 0 aromatic carbocycles. The van der Waals surface area contributed by atoms with Crippen molar-refractivity contribution in [1.82, 2.24) is 5.32 Å². The minimum Gasteiger partial charge on any atom is -0.313 e. The fourth-order valence-corrected chi connectivity index (χ4v) is 4.60. The van der Waals surface area contributed by atoms with Gasteiger partial charge in [-0.3, -0.25) is 4.79 Å². The molecular formula is C16H27NO. The van der Waals surface area contributed by atoms with Crippen LogP contribution in [0.1, 0.15) is 70.6 Å². The molecule has 18 heavy (non-hydrogen) atoms. The van der Waals surface area contributed by atoms with Crippen molar-refractivity contribution in [3.8, 4) is 0 Å². The third-order valence-corrected chi connectivity index (χ3v) is 5.72. The average Bonchev–Trinajstić information content (AvgIpc) is 2.66. The van der Waals surface area contributed by atoms with E-state index in [1.165, 1.54) is 64.2 Å². The lowest BCUT2D eigenvalue weighted by atomic mass is 9.66. The Morgan fingerprint density at radius 1 is 1.00 bits per heavy atom. The Morgan fingerprint density at radius 3 is 2.67 bits per heavy atom. The van der Waals surface area contributed by atoms with Crippen molar-refractivity contribution >= 4 is 5.78 Å². The van der Waals surface area contributed by atoms with Crippen molar-refractivity contribution in [3.63, 3.8) is 0 Å². The second-order valence-electron chi connectivity index (χ2n) is 6.89. The number of hydrogen-bond donors (Lipinski definition) is 1. The third kappa shape index (κ3) is 2.49. The third-order valence-electron chi connectivity index (χ3n) is 5.72. The molecule has 1 spiro atoms. The van der Waals surface area contributed by atoms with Crippen LogP contribution in [0.3, 0.4) is 0 Å². The van der Waals surface area contributed by atoms with E-state index in [9.17, 15) is 4.79 Å². The van der Waals surface area contributed by atoms with E-state index in [1.807, 2.05) is 0 Å². The second-order valence-corrected chi connectivity index (χ2v) is 6.89. The molecular weight excluding hydrogens is 222 g/mol. The predicted molar refractivity (Wildman–Crippen MR) is 73.5 cm³/mol.